The number of carbonyl (C=O) groups excluding carboxylic acids is 1. The summed E-state index contributed by atoms with van der Waals surface area (Å²) in [5.74, 6) is -1.02. The first-order valence-electron chi connectivity index (χ1n) is 8.46. The van der Waals surface area contributed by atoms with Gasteiger partial charge in [0, 0.05) is 33.6 Å². The van der Waals surface area contributed by atoms with Gasteiger partial charge in [-0.2, -0.15) is 18.2 Å². The summed E-state index contributed by atoms with van der Waals surface area (Å²) in [5.41, 5.74) is -1.63. The van der Waals surface area contributed by atoms with Crippen LogP contribution in [0, 0.1) is 0 Å². The minimum Gasteiger partial charge on any atom is -0.326 e. The highest BCUT2D eigenvalue weighted by Gasteiger charge is 2.33. The molecule has 0 fully saturated rings. The molecular weight excluding hydrogens is 458 g/mol. The molecule has 3 aromatic rings. The summed E-state index contributed by atoms with van der Waals surface area (Å²) in [6, 6.07) is 10.3. The van der Waals surface area contributed by atoms with Crippen LogP contribution < -0.4 is 16.2 Å². The molecule has 0 spiro atoms. The van der Waals surface area contributed by atoms with Crippen LogP contribution in [0.3, 0.4) is 0 Å². The van der Waals surface area contributed by atoms with E-state index in [1.807, 2.05) is 0 Å². The molecule has 31 heavy (non-hydrogen) atoms. The smallest absolute Gasteiger partial charge is 0.326 e. The van der Waals surface area contributed by atoms with Gasteiger partial charge in [0.15, 0.2) is 0 Å². The summed E-state index contributed by atoms with van der Waals surface area (Å²) in [6.07, 6.45) is -3.85. The fourth-order valence-corrected chi connectivity index (χ4v) is 2.90. The Morgan fingerprint density at radius 1 is 1.06 bits per heavy atom. The molecule has 0 radical (unpaired) electrons. The summed E-state index contributed by atoms with van der Waals surface area (Å²) in [6.45, 7) is 0. The first kappa shape index (κ1) is 22.3. The molecule has 1 aromatic carbocycles. The Morgan fingerprint density at radius 2 is 1.77 bits per heavy atom. The molecule has 0 unspecified atom stereocenters. The van der Waals surface area contributed by atoms with Crippen LogP contribution in [-0.4, -0.2) is 21.8 Å². The van der Waals surface area contributed by atoms with E-state index in [0.717, 1.165) is 12.3 Å². The van der Waals surface area contributed by atoms with Gasteiger partial charge in [0.1, 0.15) is 11.5 Å². The number of nitrogens with zero attached hydrogens (tertiary/aromatic N) is 2. The minimum absolute atomic E-state index is 0.0779. The number of rotatable bonds is 3. The fourth-order valence-electron chi connectivity index (χ4n) is 2.38. The van der Waals surface area contributed by atoms with Gasteiger partial charge in [-0.1, -0.05) is 29.3 Å². The van der Waals surface area contributed by atoms with E-state index in [0.29, 0.717) is 11.8 Å². The average molecular weight is 470 g/mol. The van der Waals surface area contributed by atoms with Crippen molar-refractivity contribution in [1.29, 1.82) is 0 Å². The van der Waals surface area contributed by atoms with Crippen molar-refractivity contribution in [1.82, 2.24) is 15.3 Å². The average Bonchev–Trinajstić information content (AvgIpc) is 2.66. The predicted octanol–water partition coefficient (Wildman–Crippen LogP) is 4.63. The van der Waals surface area contributed by atoms with Crippen LogP contribution in [0.5, 0.6) is 0 Å². The number of anilines is 1. The number of aromatic nitrogens is 2. The van der Waals surface area contributed by atoms with Crippen LogP contribution >= 0.6 is 23.2 Å². The largest absolute Gasteiger partial charge is 0.433 e. The number of alkyl halides is 3. The van der Waals surface area contributed by atoms with E-state index in [1.54, 1.807) is 0 Å². The molecule has 0 aliphatic heterocycles. The van der Waals surface area contributed by atoms with Gasteiger partial charge in [0.2, 0.25) is 11.5 Å². The van der Waals surface area contributed by atoms with Crippen molar-refractivity contribution in [2.75, 3.05) is 5.32 Å². The topological polar surface area (TPSA) is 99.2 Å². The van der Waals surface area contributed by atoms with Crippen LogP contribution in [0.4, 0.5) is 24.7 Å². The molecule has 3 N–H and O–H groups in total. The van der Waals surface area contributed by atoms with Crippen molar-refractivity contribution >= 4 is 46.6 Å². The number of benzene rings is 1. The lowest BCUT2D eigenvalue weighted by molar-refractivity contribution is -0.141. The monoisotopic (exact) mass is 469 g/mol. The van der Waals surface area contributed by atoms with E-state index >= 15 is 0 Å². The van der Waals surface area contributed by atoms with E-state index in [9.17, 15) is 22.8 Å². The summed E-state index contributed by atoms with van der Waals surface area (Å²) in [5, 5.41) is 5.71. The van der Waals surface area contributed by atoms with Gasteiger partial charge in [-0.3, -0.25) is 19.9 Å². The predicted molar refractivity (Wildman–Crippen MR) is 111 cm³/mol. The summed E-state index contributed by atoms with van der Waals surface area (Å²) in [7, 11) is 0. The molecule has 0 aliphatic carbocycles. The zero-order valence-corrected chi connectivity index (χ0v) is 16.8. The maximum atomic E-state index is 12.9. The molecule has 0 atom stereocenters. The fraction of sp³-hybridized carbons (Fsp3) is 0.0526. The van der Waals surface area contributed by atoms with Gasteiger partial charge < -0.3 is 10.3 Å². The third-order valence-corrected chi connectivity index (χ3v) is 4.09. The number of H-pyrrole nitrogens is 1. The third kappa shape index (κ3) is 6.30. The second kappa shape index (κ2) is 9.19. The Balaban J connectivity index is 1.94. The Labute approximate surface area is 183 Å². The van der Waals surface area contributed by atoms with Crippen molar-refractivity contribution in [3.63, 3.8) is 0 Å². The lowest BCUT2D eigenvalue weighted by atomic mass is 10.2. The Bertz CT molecular complexity index is 1190. The highest BCUT2D eigenvalue weighted by atomic mass is 35.5. The van der Waals surface area contributed by atoms with Crippen LogP contribution in [0.2, 0.25) is 10.0 Å². The normalized spacial score (nSPS) is 11.8. The quantitative estimate of drug-likeness (QED) is 0.384. The van der Waals surface area contributed by atoms with Gasteiger partial charge in [0.25, 0.3) is 5.91 Å². The van der Waals surface area contributed by atoms with Crippen molar-refractivity contribution in [2.24, 2.45) is 4.99 Å². The maximum absolute atomic E-state index is 12.9. The number of amides is 1. The highest BCUT2D eigenvalue weighted by molar-refractivity contribution is 6.35. The molecular formula is C19H12Cl2F3N5O2. The van der Waals surface area contributed by atoms with Crippen molar-refractivity contribution in [2.45, 2.75) is 6.18 Å². The number of halogens is 5. The lowest BCUT2D eigenvalue weighted by Gasteiger charge is -2.13. The first-order valence-corrected chi connectivity index (χ1v) is 9.21. The van der Waals surface area contributed by atoms with Crippen molar-refractivity contribution in [3.8, 4) is 0 Å². The van der Waals surface area contributed by atoms with Gasteiger partial charge in [-0.15, -0.1) is 0 Å². The minimum atomic E-state index is -4.72. The zero-order chi connectivity index (χ0) is 22.6. The number of aliphatic imine (C=N–C) groups is 1. The Hall–Kier alpha value is -3.37. The van der Waals surface area contributed by atoms with E-state index in [4.69, 9.17) is 23.2 Å². The van der Waals surface area contributed by atoms with Crippen molar-refractivity contribution < 1.29 is 18.0 Å². The molecule has 1 amide bonds. The molecule has 2 aromatic heterocycles. The molecule has 2 heterocycles. The van der Waals surface area contributed by atoms with E-state index in [1.165, 1.54) is 36.4 Å². The first-order chi connectivity index (χ1) is 14.6. The number of hydrogen-bond donors (Lipinski definition) is 3. The number of nitrogens with one attached hydrogen (secondary N) is 3. The van der Waals surface area contributed by atoms with Gasteiger partial charge >= 0.3 is 6.18 Å². The molecule has 3 rings (SSSR count). The maximum Gasteiger partial charge on any atom is 0.433 e. The number of hydrogen-bond acceptors (Lipinski definition) is 4. The van der Waals surface area contributed by atoms with Gasteiger partial charge in [0.05, 0.1) is 0 Å². The Kier molecular flexibility index (Phi) is 6.62. The Morgan fingerprint density at radius 3 is 2.42 bits per heavy atom. The van der Waals surface area contributed by atoms with E-state index in [-0.39, 0.29) is 27.4 Å². The SMILES string of the molecule is O=C(N/C(=N/c1cccc(=O)[nH]1)Nc1cc(Cl)cc(Cl)c1)c1ccnc(C(F)(F)F)c1. The van der Waals surface area contributed by atoms with Crippen molar-refractivity contribution in [3.05, 3.63) is 86.4 Å². The molecule has 7 nitrogen and oxygen atoms in total. The molecule has 0 bridgehead atoms. The number of pyridine rings is 2. The standard InChI is InChI=1S/C19H12Cl2F3N5O2/c20-11-7-12(21)9-13(8-11)26-18(28-15-2-1-3-16(30)27-15)29-17(31)10-4-5-25-14(6-10)19(22,23)24/h1-9H,(H3,26,27,28,29,30,31). The van der Waals surface area contributed by atoms with Gasteiger partial charge in [-0.05, 0) is 36.4 Å². The molecule has 160 valence electrons. The number of carbonyl (C=O) groups is 1. The lowest BCUT2D eigenvalue weighted by Crippen LogP contribution is -2.36. The number of aromatic amines is 1. The summed E-state index contributed by atoms with van der Waals surface area (Å²) >= 11 is 11.9. The number of guanidine groups is 1. The summed E-state index contributed by atoms with van der Waals surface area (Å²) in [4.78, 5) is 33.8. The van der Waals surface area contributed by atoms with Crippen LogP contribution in [0.25, 0.3) is 0 Å². The molecule has 0 saturated carbocycles. The highest BCUT2D eigenvalue weighted by Crippen LogP contribution is 2.27. The second-order valence-electron chi connectivity index (χ2n) is 6.03. The van der Waals surface area contributed by atoms with Gasteiger partial charge in [-0.25, -0.2) is 0 Å². The van der Waals surface area contributed by atoms with Crippen LogP contribution in [-0.2, 0) is 6.18 Å². The third-order valence-electron chi connectivity index (χ3n) is 3.66. The summed E-state index contributed by atoms with van der Waals surface area (Å²) < 4.78 is 38.7. The molecule has 0 aliphatic rings. The molecule has 12 heteroatoms. The van der Waals surface area contributed by atoms with Crippen LogP contribution in [0.15, 0.2) is 64.5 Å². The van der Waals surface area contributed by atoms with Crippen LogP contribution in [0.1, 0.15) is 16.1 Å². The molecule has 0 saturated heterocycles. The van der Waals surface area contributed by atoms with E-state index in [2.05, 4.69) is 25.6 Å². The van der Waals surface area contributed by atoms with E-state index < -0.39 is 23.3 Å². The zero-order valence-electron chi connectivity index (χ0n) is 15.3. The second-order valence-corrected chi connectivity index (χ2v) is 6.90.